The highest BCUT2D eigenvalue weighted by Gasteiger charge is 1.99. The van der Waals surface area contributed by atoms with Gasteiger partial charge in [0.2, 0.25) is 0 Å². The highest BCUT2D eigenvalue weighted by Crippen LogP contribution is 2.22. The van der Waals surface area contributed by atoms with Crippen molar-refractivity contribution in [3.05, 3.63) is 59.7 Å². The van der Waals surface area contributed by atoms with Crippen molar-refractivity contribution in [2.75, 3.05) is 6.61 Å². The van der Waals surface area contributed by atoms with E-state index in [1.807, 2.05) is 55.5 Å². The van der Waals surface area contributed by atoms with Crippen LogP contribution in [-0.2, 0) is 17.2 Å². The van der Waals surface area contributed by atoms with Crippen molar-refractivity contribution in [3.8, 4) is 11.5 Å². The first kappa shape index (κ1) is 13.9. The summed E-state index contributed by atoms with van der Waals surface area (Å²) in [5.41, 5.74) is 2.23. The van der Waals surface area contributed by atoms with Crippen LogP contribution in [0.15, 0.2) is 48.5 Å². The van der Waals surface area contributed by atoms with Crippen LogP contribution in [0.4, 0.5) is 0 Å². The molecular formula is C16H17ClO2. The molecule has 0 bridgehead atoms. The van der Waals surface area contributed by atoms with Gasteiger partial charge in [-0.15, -0.1) is 11.6 Å². The van der Waals surface area contributed by atoms with Crippen LogP contribution < -0.4 is 4.74 Å². The summed E-state index contributed by atoms with van der Waals surface area (Å²) in [4.78, 5) is 0. The Morgan fingerprint density at radius 1 is 0.842 bits per heavy atom. The second-order valence-electron chi connectivity index (χ2n) is 4.16. The van der Waals surface area contributed by atoms with Gasteiger partial charge < -0.3 is 9.47 Å². The molecule has 0 atom stereocenters. The molecule has 0 radical (unpaired) electrons. The summed E-state index contributed by atoms with van der Waals surface area (Å²) >= 11 is 5.75. The van der Waals surface area contributed by atoms with Gasteiger partial charge in [-0.3, -0.25) is 0 Å². The molecule has 2 rings (SSSR count). The summed E-state index contributed by atoms with van der Waals surface area (Å²) < 4.78 is 11.1. The summed E-state index contributed by atoms with van der Waals surface area (Å²) in [5.74, 6) is 2.15. The van der Waals surface area contributed by atoms with Crippen LogP contribution in [0.3, 0.4) is 0 Å². The first-order valence-electron chi connectivity index (χ1n) is 6.31. The van der Waals surface area contributed by atoms with Crippen LogP contribution in [0, 0.1) is 0 Å². The van der Waals surface area contributed by atoms with Crippen LogP contribution in [0.5, 0.6) is 11.5 Å². The average molecular weight is 277 g/mol. The summed E-state index contributed by atoms with van der Waals surface area (Å²) in [6.07, 6.45) is 0. The van der Waals surface area contributed by atoms with Gasteiger partial charge >= 0.3 is 0 Å². The molecule has 0 heterocycles. The van der Waals surface area contributed by atoms with E-state index in [9.17, 15) is 0 Å². The van der Waals surface area contributed by atoms with Crippen LogP contribution in [-0.4, -0.2) is 6.61 Å². The zero-order valence-electron chi connectivity index (χ0n) is 10.9. The molecular weight excluding hydrogens is 260 g/mol. The van der Waals surface area contributed by atoms with E-state index >= 15 is 0 Å². The third-order valence-corrected chi connectivity index (χ3v) is 3.02. The number of rotatable bonds is 6. The topological polar surface area (TPSA) is 18.5 Å². The van der Waals surface area contributed by atoms with E-state index in [1.54, 1.807) is 0 Å². The Balaban J connectivity index is 1.98. The first-order valence-corrected chi connectivity index (χ1v) is 6.84. The lowest BCUT2D eigenvalue weighted by Gasteiger charge is -2.07. The Morgan fingerprint density at radius 2 is 1.37 bits per heavy atom. The third kappa shape index (κ3) is 4.27. The molecule has 0 N–H and O–H groups in total. The molecule has 0 aromatic heterocycles. The molecule has 0 saturated carbocycles. The van der Waals surface area contributed by atoms with Gasteiger partial charge in [0, 0.05) is 12.5 Å². The fourth-order valence-corrected chi connectivity index (χ4v) is 1.83. The van der Waals surface area contributed by atoms with E-state index in [0.29, 0.717) is 12.5 Å². The van der Waals surface area contributed by atoms with E-state index in [0.717, 1.165) is 29.2 Å². The van der Waals surface area contributed by atoms with E-state index in [1.165, 1.54) is 0 Å². The van der Waals surface area contributed by atoms with Crippen LogP contribution in [0.2, 0.25) is 0 Å². The molecule has 3 heteroatoms. The Labute approximate surface area is 118 Å². The van der Waals surface area contributed by atoms with Gasteiger partial charge in [-0.05, 0) is 42.3 Å². The summed E-state index contributed by atoms with van der Waals surface area (Å²) in [6.45, 7) is 3.36. The number of hydrogen-bond acceptors (Lipinski definition) is 2. The minimum atomic E-state index is 0.520. The molecule has 0 amide bonds. The highest BCUT2D eigenvalue weighted by molar-refractivity contribution is 6.17. The number of alkyl halides is 1. The third-order valence-electron chi connectivity index (χ3n) is 2.71. The highest BCUT2D eigenvalue weighted by atomic mass is 35.5. The molecule has 2 aromatic rings. The quantitative estimate of drug-likeness (QED) is 0.709. The van der Waals surface area contributed by atoms with Gasteiger partial charge in [-0.25, -0.2) is 0 Å². The maximum Gasteiger partial charge on any atom is 0.127 e. The minimum absolute atomic E-state index is 0.520. The lowest BCUT2D eigenvalue weighted by Crippen LogP contribution is -1.91. The Hall–Kier alpha value is -1.51. The lowest BCUT2D eigenvalue weighted by atomic mass is 10.2. The number of halogens is 1. The van der Waals surface area contributed by atoms with E-state index < -0.39 is 0 Å². The average Bonchev–Trinajstić information content (AvgIpc) is 2.47. The molecule has 0 fully saturated rings. The fourth-order valence-electron chi connectivity index (χ4n) is 1.66. The normalized spacial score (nSPS) is 10.4. The molecule has 0 saturated heterocycles. The Kier molecular flexibility index (Phi) is 5.25. The first-order chi connectivity index (χ1) is 9.31. The molecule has 100 valence electrons. The predicted octanol–water partition coefficient (Wildman–Crippen LogP) is 4.75. The van der Waals surface area contributed by atoms with Crippen LogP contribution in [0.25, 0.3) is 0 Å². The monoisotopic (exact) mass is 276 g/mol. The minimum Gasteiger partial charge on any atom is -0.457 e. The number of ether oxygens (including phenoxy) is 2. The van der Waals surface area contributed by atoms with Crippen LogP contribution >= 0.6 is 11.6 Å². The van der Waals surface area contributed by atoms with Crippen LogP contribution in [0.1, 0.15) is 18.1 Å². The SMILES string of the molecule is CCOCc1ccc(Oc2ccc(CCl)cc2)cc1. The maximum atomic E-state index is 5.75. The summed E-state index contributed by atoms with van der Waals surface area (Å²) in [6, 6.07) is 15.7. The van der Waals surface area contributed by atoms with Crippen molar-refractivity contribution in [2.24, 2.45) is 0 Å². The second kappa shape index (κ2) is 7.17. The van der Waals surface area contributed by atoms with Crippen molar-refractivity contribution < 1.29 is 9.47 Å². The van der Waals surface area contributed by atoms with E-state index in [2.05, 4.69) is 0 Å². The zero-order valence-corrected chi connectivity index (χ0v) is 11.7. The van der Waals surface area contributed by atoms with E-state index in [4.69, 9.17) is 21.1 Å². The Morgan fingerprint density at radius 3 is 1.84 bits per heavy atom. The van der Waals surface area contributed by atoms with Gasteiger partial charge in [-0.2, -0.15) is 0 Å². The number of benzene rings is 2. The summed E-state index contributed by atoms with van der Waals surface area (Å²) in [7, 11) is 0. The van der Waals surface area contributed by atoms with Gasteiger partial charge in [0.05, 0.1) is 6.61 Å². The molecule has 0 aliphatic carbocycles. The zero-order chi connectivity index (χ0) is 13.5. The standard InChI is InChI=1S/C16H17ClO2/c1-2-18-12-14-5-9-16(10-6-14)19-15-7-3-13(11-17)4-8-15/h3-10H,2,11-12H2,1H3. The number of hydrogen-bond donors (Lipinski definition) is 0. The molecule has 0 aliphatic heterocycles. The second-order valence-corrected chi connectivity index (χ2v) is 4.43. The van der Waals surface area contributed by atoms with Crippen molar-refractivity contribution in [2.45, 2.75) is 19.4 Å². The van der Waals surface area contributed by atoms with Gasteiger partial charge in [0.15, 0.2) is 0 Å². The van der Waals surface area contributed by atoms with Crippen molar-refractivity contribution >= 4 is 11.6 Å². The van der Waals surface area contributed by atoms with Crippen molar-refractivity contribution in [3.63, 3.8) is 0 Å². The van der Waals surface area contributed by atoms with Gasteiger partial charge in [0.25, 0.3) is 0 Å². The molecule has 0 aliphatic rings. The van der Waals surface area contributed by atoms with Gasteiger partial charge in [-0.1, -0.05) is 24.3 Å². The van der Waals surface area contributed by atoms with E-state index in [-0.39, 0.29) is 0 Å². The molecule has 0 unspecified atom stereocenters. The molecule has 0 spiro atoms. The van der Waals surface area contributed by atoms with Crippen molar-refractivity contribution in [1.82, 2.24) is 0 Å². The fraction of sp³-hybridized carbons (Fsp3) is 0.250. The molecule has 2 aromatic carbocycles. The predicted molar refractivity (Wildman–Crippen MR) is 77.8 cm³/mol. The van der Waals surface area contributed by atoms with Crippen molar-refractivity contribution in [1.29, 1.82) is 0 Å². The Bertz CT molecular complexity index is 491. The summed E-state index contributed by atoms with van der Waals surface area (Å²) in [5, 5.41) is 0. The smallest absolute Gasteiger partial charge is 0.127 e. The van der Waals surface area contributed by atoms with Gasteiger partial charge in [0.1, 0.15) is 11.5 Å². The molecule has 2 nitrogen and oxygen atoms in total. The maximum absolute atomic E-state index is 5.75. The molecule has 19 heavy (non-hydrogen) atoms. The largest absolute Gasteiger partial charge is 0.457 e. The lowest BCUT2D eigenvalue weighted by molar-refractivity contribution is 0.134.